The molecule has 0 N–H and O–H groups in total. The molecule has 0 spiro atoms. The first-order chi connectivity index (χ1) is 14.9. The van der Waals surface area contributed by atoms with Crippen LogP contribution in [0.15, 0.2) is 67.7 Å². The summed E-state index contributed by atoms with van der Waals surface area (Å²) in [5, 5.41) is 1.98. The van der Waals surface area contributed by atoms with E-state index in [0.29, 0.717) is 20.6 Å². The van der Waals surface area contributed by atoms with E-state index in [-0.39, 0.29) is 11.7 Å². The highest BCUT2D eigenvalue weighted by Crippen LogP contribution is 2.32. The number of thiophene rings is 1. The molecular formula is C23H22N2O3S3. The molecule has 5 nitrogen and oxygen atoms in total. The fourth-order valence-corrected chi connectivity index (χ4v) is 5.64. The maximum atomic E-state index is 13.5. The van der Waals surface area contributed by atoms with Crippen LogP contribution >= 0.6 is 34.4 Å². The number of nitrogens with zero attached hydrogens (tertiary/aromatic N) is 2. The number of carbonyl (C=O) groups is 1. The Hall–Kier alpha value is -2.42. The second kappa shape index (κ2) is 8.98. The molecule has 1 aromatic carbocycles. The Morgan fingerprint density at radius 2 is 2.00 bits per heavy atom. The average molecular weight is 471 g/mol. The van der Waals surface area contributed by atoms with Gasteiger partial charge in [0.15, 0.2) is 4.80 Å². The minimum Gasteiger partial charge on any atom is -0.459 e. The van der Waals surface area contributed by atoms with Crippen molar-refractivity contribution in [1.82, 2.24) is 4.57 Å². The Labute approximate surface area is 192 Å². The molecule has 0 fully saturated rings. The van der Waals surface area contributed by atoms with Gasteiger partial charge in [-0.15, -0.1) is 23.1 Å². The Morgan fingerprint density at radius 1 is 1.26 bits per heavy atom. The lowest BCUT2D eigenvalue weighted by Gasteiger charge is -2.25. The molecule has 1 unspecified atom stereocenters. The van der Waals surface area contributed by atoms with Gasteiger partial charge in [0, 0.05) is 9.77 Å². The van der Waals surface area contributed by atoms with Gasteiger partial charge in [0.1, 0.15) is 0 Å². The quantitative estimate of drug-likeness (QED) is 0.418. The van der Waals surface area contributed by atoms with Gasteiger partial charge in [0.05, 0.1) is 27.9 Å². The second-order valence-electron chi connectivity index (χ2n) is 7.32. The van der Waals surface area contributed by atoms with E-state index < -0.39 is 12.0 Å². The van der Waals surface area contributed by atoms with Crippen molar-refractivity contribution in [2.24, 2.45) is 4.99 Å². The van der Waals surface area contributed by atoms with Crippen LogP contribution in [0.2, 0.25) is 0 Å². The van der Waals surface area contributed by atoms with Crippen molar-refractivity contribution in [2.45, 2.75) is 37.8 Å². The van der Waals surface area contributed by atoms with Crippen LogP contribution in [0.3, 0.4) is 0 Å². The number of esters is 1. The molecule has 3 aromatic rings. The van der Waals surface area contributed by atoms with Crippen molar-refractivity contribution in [3.63, 3.8) is 0 Å². The second-order valence-corrected chi connectivity index (χ2v) is 10.2. The summed E-state index contributed by atoms with van der Waals surface area (Å²) in [6, 6.07) is 11.3. The van der Waals surface area contributed by atoms with E-state index in [9.17, 15) is 9.59 Å². The van der Waals surface area contributed by atoms with Crippen LogP contribution in [0.5, 0.6) is 0 Å². The van der Waals surface area contributed by atoms with Gasteiger partial charge in [-0.3, -0.25) is 9.36 Å². The van der Waals surface area contributed by atoms with Crippen molar-refractivity contribution < 1.29 is 9.53 Å². The number of ether oxygens (including phenoxy) is 1. The monoisotopic (exact) mass is 470 g/mol. The number of hydrogen-bond donors (Lipinski definition) is 0. The molecule has 8 heteroatoms. The van der Waals surface area contributed by atoms with Crippen LogP contribution in [-0.4, -0.2) is 22.9 Å². The first-order valence-corrected chi connectivity index (χ1v) is 12.7. The van der Waals surface area contributed by atoms with Gasteiger partial charge < -0.3 is 4.74 Å². The number of thiazole rings is 1. The molecule has 3 heterocycles. The van der Waals surface area contributed by atoms with Crippen LogP contribution in [0.1, 0.15) is 37.3 Å². The predicted octanol–water partition coefficient (Wildman–Crippen LogP) is 3.97. The van der Waals surface area contributed by atoms with Crippen molar-refractivity contribution in [2.75, 3.05) is 6.26 Å². The topological polar surface area (TPSA) is 60.7 Å². The molecule has 4 rings (SSSR count). The Morgan fingerprint density at radius 3 is 2.61 bits per heavy atom. The molecule has 0 aliphatic carbocycles. The first-order valence-electron chi connectivity index (χ1n) is 9.80. The normalized spacial score (nSPS) is 16.4. The zero-order valence-corrected chi connectivity index (χ0v) is 20.1. The van der Waals surface area contributed by atoms with E-state index in [1.54, 1.807) is 34.6 Å². The lowest BCUT2D eigenvalue weighted by Crippen LogP contribution is -2.40. The molecule has 0 amide bonds. The molecule has 31 heavy (non-hydrogen) atoms. The van der Waals surface area contributed by atoms with Gasteiger partial charge >= 0.3 is 5.97 Å². The van der Waals surface area contributed by atoms with Crippen LogP contribution in [-0.2, 0) is 9.53 Å². The lowest BCUT2D eigenvalue weighted by atomic mass is 9.96. The summed E-state index contributed by atoms with van der Waals surface area (Å²) >= 11 is 4.56. The van der Waals surface area contributed by atoms with E-state index in [0.717, 1.165) is 15.3 Å². The fourth-order valence-electron chi connectivity index (χ4n) is 3.46. The van der Waals surface area contributed by atoms with E-state index >= 15 is 0 Å². The van der Waals surface area contributed by atoms with Gasteiger partial charge in [-0.25, -0.2) is 9.79 Å². The van der Waals surface area contributed by atoms with E-state index in [1.807, 2.05) is 68.0 Å². The van der Waals surface area contributed by atoms with Crippen molar-refractivity contribution >= 4 is 46.5 Å². The van der Waals surface area contributed by atoms with Crippen molar-refractivity contribution in [3.05, 3.63) is 83.2 Å². The molecule has 0 saturated heterocycles. The summed E-state index contributed by atoms with van der Waals surface area (Å²) in [4.78, 5) is 33.8. The number of fused-ring (bicyclic) bond motifs is 1. The van der Waals surface area contributed by atoms with Gasteiger partial charge in [-0.2, -0.15) is 0 Å². The summed E-state index contributed by atoms with van der Waals surface area (Å²) in [5.74, 6) is -0.442. The van der Waals surface area contributed by atoms with Gasteiger partial charge in [0.25, 0.3) is 5.56 Å². The maximum Gasteiger partial charge on any atom is 0.338 e. The first kappa shape index (κ1) is 21.8. The van der Waals surface area contributed by atoms with Crippen molar-refractivity contribution in [3.8, 4) is 0 Å². The summed E-state index contributed by atoms with van der Waals surface area (Å²) in [6.07, 6.45) is 3.63. The molecule has 0 radical (unpaired) electrons. The number of carbonyl (C=O) groups excluding carboxylic acids is 1. The minimum atomic E-state index is -0.580. The number of thioether (sulfide) groups is 1. The number of rotatable bonds is 5. The summed E-state index contributed by atoms with van der Waals surface area (Å²) in [6.45, 7) is 5.43. The summed E-state index contributed by atoms with van der Waals surface area (Å²) in [5.41, 5.74) is 1.68. The molecule has 0 bridgehead atoms. The number of allylic oxidation sites excluding steroid dienone is 1. The molecule has 1 aliphatic rings. The SMILES string of the molecule is CSc1ccc(C2C(C(=O)OC(C)C)=C(C)N=c3s/c(=C/c4cccs4)c(=O)n32)cc1. The highest BCUT2D eigenvalue weighted by Gasteiger charge is 2.33. The Kier molecular flexibility index (Phi) is 6.31. The average Bonchev–Trinajstić information content (AvgIpc) is 3.35. The van der Waals surface area contributed by atoms with Crippen LogP contribution in [0.25, 0.3) is 6.08 Å². The number of hydrogen-bond acceptors (Lipinski definition) is 7. The van der Waals surface area contributed by atoms with Crippen molar-refractivity contribution in [1.29, 1.82) is 0 Å². The molecule has 0 saturated carbocycles. The molecule has 1 aliphatic heterocycles. The zero-order chi connectivity index (χ0) is 22.1. The van der Waals surface area contributed by atoms with Gasteiger partial charge in [0.2, 0.25) is 0 Å². The van der Waals surface area contributed by atoms with Gasteiger partial charge in [-0.1, -0.05) is 29.5 Å². The Balaban J connectivity index is 1.94. The summed E-state index contributed by atoms with van der Waals surface area (Å²) in [7, 11) is 0. The van der Waals surface area contributed by atoms with E-state index in [1.165, 1.54) is 11.3 Å². The third-order valence-electron chi connectivity index (χ3n) is 4.83. The molecule has 2 aromatic heterocycles. The fraction of sp³-hybridized carbons (Fsp3) is 0.261. The number of aromatic nitrogens is 1. The maximum absolute atomic E-state index is 13.5. The number of benzene rings is 1. The van der Waals surface area contributed by atoms with Gasteiger partial charge in [-0.05, 0) is 62.2 Å². The van der Waals surface area contributed by atoms with Crippen LogP contribution in [0.4, 0.5) is 0 Å². The smallest absolute Gasteiger partial charge is 0.338 e. The highest BCUT2D eigenvalue weighted by atomic mass is 32.2. The third-order valence-corrected chi connectivity index (χ3v) is 7.38. The standard InChI is InChI=1S/C23H22N2O3S3/c1-13(2)28-22(27)19-14(3)24-23-25(20(19)15-7-9-16(29-4)10-8-15)21(26)18(31-23)12-17-6-5-11-30-17/h5-13,20H,1-4H3/b18-12+. The molecule has 1 atom stereocenters. The molecular weight excluding hydrogens is 448 g/mol. The third kappa shape index (κ3) is 4.33. The van der Waals surface area contributed by atoms with Crippen LogP contribution in [0, 0.1) is 0 Å². The Bertz CT molecular complexity index is 1310. The molecule has 160 valence electrons. The predicted molar refractivity (Wildman–Crippen MR) is 128 cm³/mol. The zero-order valence-electron chi connectivity index (χ0n) is 17.6. The lowest BCUT2D eigenvalue weighted by molar-refractivity contribution is -0.143. The largest absolute Gasteiger partial charge is 0.459 e. The van der Waals surface area contributed by atoms with E-state index in [2.05, 4.69) is 4.99 Å². The van der Waals surface area contributed by atoms with E-state index in [4.69, 9.17) is 4.74 Å². The highest BCUT2D eigenvalue weighted by molar-refractivity contribution is 7.98. The minimum absolute atomic E-state index is 0.154. The summed E-state index contributed by atoms with van der Waals surface area (Å²) < 4.78 is 7.75. The van der Waals surface area contributed by atoms with Crippen LogP contribution < -0.4 is 14.9 Å².